The van der Waals surface area contributed by atoms with E-state index in [0.29, 0.717) is 24.7 Å². The highest BCUT2D eigenvalue weighted by Gasteiger charge is 2.68. The van der Waals surface area contributed by atoms with Crippen LogP contribution in [0.1, 0.15) is 107 Å². The zero-order chi connectivity index (χ0) is 31.4. The van der Waals surface area contributed by atoms with Gasteiger partial charge in [0.1, 0.15) is 6.10 Å². The predicted molar refractivity (Wildman–Crippen MR) is 163 cm³/mol. The van der Waals surface area contributed by atoms with Gasteiger partial charge in [-0.25, -0.2) is 4.79 Å². The maximum Gasteiger partial charge on any atom is 0.335 e. The van der Waals surface area contributed by atoms with Crippen molar-refractivity contribution >= 4 is 11.9 Å². The first-order valence-corrected chi connectivity index (χ1v) is 16.2. The van der Waals surface area contributed by atoms with Crippen LogP contribution in [0, 0.1) is 45.8 Å². The molecule has 3 aliphatic carbocycles. The van der Waals surface area contributed by atoms with Gasteiger partial charge in [-0.1, -0.05) is 57.9 Å². The largest absolute Gasteiger partial charge is 0.481 e. The molecule has 0 amide bonds. The summed E-state index contributed by atoms with van der Waals surface area (Å²) >= 11 is 0. The van der Waals surface area contributed by atoms with Crippen molar-refractivity contribution in [2.75, 3.05) is 6.61 Å². The van der Waals surface area contributed by atoms with E-state index in [4.69, 9.17) is 9.47 Å². The molecule has 0 aromatic rings. The molecule has 7 heteroatoms. The average Bonchev–Trinajstić information content (AvgIpc) is 3.46. The van der Waals surface area contributed by atoms with Gasteiger partial charge < -0.3 is 24.8 Å². The van der Waals surface area contributed by atoms with Crippen molar-refractivity contribution in [2.24, 2.45) is 45.8 Å². The van der Waals surface area contributed by atoms with Gasteiger partial charge >= 0.3 is 11.9 Å². The van der Waals surface area contributed by atoms with Gasteiger partial charge in [0.15, 0.2) is 6.10 Å². The van der Waals surface area contributed by atoms with Gasteiger partial charge in [0.05, 0.1) is 18.3 Å². The van der Waals surface area contributed by atoms with Crippen LogP contribution in [0.4, 0.5) is 0 Å². The van der Waals surface area contributed by atoms with Crippen molar-refractivity contribution in [3.8, 4) is 0 Å². The van der Waals surface area contributed by atoms with Crippen molar-refractivity contribution in [1.82, 2.24) is 0 Å². The van der Waals surface area contributed by atoms with Crippen LogP contribution in [0.5, 0.6) is 0 Å². The summed E-state index contributed by atoms with van der Waals surface area (Å²) in [5.74, 6) is -1.18. The second-order valence-electron chi connectivity index (χ2n) is 15.8. The first-order valence-electron chi connectivity index (χ1n) is 16.2. The van der Waals surface area contributed by atoms with Crippen molar-refractivity contribution < 1.29 is 34.4 Å². The fourth-order valence-electron chi connectivity index (χ4n) is 10.0. The monoisotopic (exact) mass is 588 g/mol. The summed E-state index contributed by atoms with van der Waals surface area (Å²) in [6.45, 7) is 18.9. The lowest BCUT2D eigenvalue weighted by atomic mass is 9.39. The molecule has 10 atom stereocenters. The Hall–Kier alpha value is -1.70. The number of esters is 1. The van der Waals surface area contributed by atoms with Crippen molar-refractivity contribution in [1.29, 1.82) is 0 Å². The van der Waals surface area contributed by atoms with Gasteiger partial charge in [0.2, 0.25) is 0 Å². The van der Waals surface area contributed by atoms with Crippen LogP contribution < -0.4 is 0 Å². The third kappa shape index (κ3) is 5.75. The van der Waals surface area contributed by atoms with E-state index in [0.717, 1.165) is 32.3 Å². The third-order valence-corrected chi connectivity index (χ3v) is 12.0. The smallest absolute Gasteiger partial charge is 0.335 e. The molecule has 0 unspecified atom stereocenters. The van der Waals surface area contributed by atoms with E-state index in [1.54, 1.807) is 27.7 Å². The first kappa shape index (κ1) is 33.2. The molecule has 4 rings (SSSR count). The second kappa shape index (κ2) is 11.7. The molecule has 7 nitrogen and oxygen atoms in total. The number of ether oxygens (including phenoxy) is 2. The minimum atomic E-state index is -1.23. The summed E-state index contributed by atoms with van der Waals surface area (Å²) in [6.07, 6.45) is 7.65. The molecule has 0 aromatic heterocycles. The lowest BCUT2D eigenvalue weighted by molar-refractivity contribution is -0.214. The summed E-state index contributed by atoms with van der Waals surface area (Å²) < 4.78 is 12.5. The average molecular weight is 589 g/mol. The number of hydrogen-bond donors (Lipinski definition) is 3. The molecule has 1 aliphatic heterocycles. The number of aliphatic hydroxyl groups is 2. The SMILES string of the molecule is CC(C)=C[C@@H]1C[C@@H]([C@@H]2CC=C3[C@@]4(C)[C@H](CC[C@]32C)[C@](C)(CCC(=O)O)[C@H](C(C)(C)O)C[C@H]4OC(=O)[C@H](O)C(C)C)CO1. The number of hydrogen-bond acceptors (Lipinski definition) is 6. The lowest BCUT2D eigenvalue weighted by Gasteiger charge is -2.66. The Morgan fingerprint density at radius 1 is 1.19 bits per heavy atom. The Kier molecular flexibility index (Phi) is 9.22. The highest BCUT2D eigenvalue weighted by atomic mass is 16.6. The van der Waals surface area contributed by atoms with Crippen LogP contribution in [0.15, 0.2) is 23.3 Å². The lowest BCUT2D eigenvalue weighted by Crippen LogP contribution is -2.64. The molecule has 1 saturated heterocycles. The van der Waals surface area contributed by atoms with Crippen molar-refractivity contribution in [3.05, 3.63) is 23.3 Å². The summed E-state index contributed by atoms with van der Waals surface area (Å²) in [7, 11) is 0. The summed E-state index contributed by atoms with van der Waals surface area (Å²) in [4.78, 5) is 25.2. The standard InChI is InChI=1S/C35H56O7/c1-20(2)16-23-17-22(19-41-23)24-10-11-25-33(24,7)14-12-26-34(8,15-13-29(36)37)27(32(5,6)40)18-28(35(25,26)9)42-31(39)30(38)21(3)4/h11,16,21-24,26-28,30,38,40H,10,12-15,17-19H2,1-9H3,(H,36,37)/t22-,23-,24+,26-,27+,28-,30-,33+,34+,35+/m1/s1. The number of allylic oxidation sites excluding steroid dienone is 2. The molecular weight excluding hydrogens is 532 g/mol. The quantitative estimate of drug-likeness (QED) is 0.213. The second-order valence-corrected chi connectivity index (χ2v) is 15.8. The van der Waals surface area contributed by atoms with Crippen LogP contribution in [-0.2, 0) is 19.1 Å². The molecule has 0 bridgehead atoms. The van der Waals surface area contributed by atoms with E-state index in [-0.39, 0.29) is 35.7 Å². The fourth-order valence-corrected chi connectivity index (χ4v) is 10.0. The Balaban J connectivity index is 1.77. The number of carboxylic acid groups (broad SMARTS) is 1. The number of carbonyl (C=O) groups excluding carboxylic acids is 1. The highest BCUT2D eigenvalue weighted by molar-refractivity contribution is 5.75. The van der Waals surface area contributed by atoms with E-state index in [1.165, 1.54) is 11.1 Å². The third-order valence-electron chi connectivity index (χ3n) is 12.0. The van der Waals surface area contributed by atoms with Gasteiger partial charge in [-0.3, -0.25) is 4.79 Å². The summed E-state index contributed by atoms with van der Waals surface area (Å²) in [5, 5.41) is 31.9. The van der Waals surface area contributed by atoms with Gasteiger partial charge in [-0.15, -0.1) is 0 Å². The Morgan fingerprint density at radius 3 is 2.43 bits per heavy atom. The number of aliphatic hydroxyl groups excluding tert-OH is 1. The molecular formula is C35H56O7. The summed E-state index contributed by atoms with van der Waals surface area (Å²) in [5.41, 5.74) is 0.329. The van der Waals surface area contributed by atoms with E-state index in [9.17, 15) is 24.9 Å². The number of aliphatic carboxylic acids is 1. The zero-order valence-electron chi connectivity index (χ0n) is 27.4. The van der Waals surface area contributed by atoms with Crippen LogP contribution in [0.3, 0.4) is 0 Å². The Morgan fingerprint density at radius 2 is 1.86 bits per heavy atom. The molecule has 238 valence electrons. The maximum absolute atomic E-state index is 13.3. The number of rotatable bonds is 9. The molecule has 0 radical (unpaired) electrons. The predicted octanol–water partition coefficient (Wildman–Crippen LogP) is 6.32. The van der Waals surface area contributed by atoms with Crippen LogP contribution >= 0.6 is 0 Å². The maximum atomic E-state index is 13.3. The van der Waals surface area contributed by atoms with Gasteiger partial charge in [0, 0.05) is 11.8 Å². The normalized spacial score (nSPS) is 40.6. The molecule has 3 N–H and O–H groups in total. The Labute approximate surface area is 253 Å². The van der Waals surface area contributed by atoms with E-state index in [2.05, 4.69) is 46.8 Å². The highest BCUT2D eigenvalue weighted by Crippen LogP contribution is 2.72. The Bertz CT molecular complexity index is 1100. The summed E-state index contributed by atoms with van der Waals surface area (Å²) in [6, 6.07) is 0. The van der Waals surface area contributed by atoms with E-state index in [1.807, 2.05) is 0 Å². The zero-order valence-corrected chi connectivity index (χ0v) is 27.4. The van der Waals surface area contributed by atoms with Crippen LogP contribution in [-0.4, -0.2) is 57.8 Å². The molecule has 2 saturated carbocycles. The number of carbonyl (C=O) groups is 2. The van der Waals surface area contributed by atoms with Crippen molar-refractivity contribution in [3.63, 3.8) is 0 Å². The molecule has 42 heavy (non-hydrogen) atoms. The van der Waals surface area contributed by atoms with Gasteiger partial charge in [-0.2, -0.15) is 0 Å². The first-order chi connectivity index (χ1) is 19.4. The minimum Gasteiger partial charge on any atom is -0.481 e. The van der Waals surface area contributed by atoms with Gasteiger partial charge in [0.25, 0.3) is 0 Å². The molecule has 4 aliphatic rings. The van der Waals surface area contributed by atoms with E-state index < -0.39 is 40.6 Å². The molecule has 3 fully saturated rings. The van der Waals surface area contributed by atoms with Crippen LogP contribution in [0.25, 0.3) is 0 Å². The number of fused-ring (bicyclic) bond motifs is 3. The van der Waals surface area contributed by atoms with Crippen molar-refractivity contribution in [2.45, 2.75) is 131 Å². The fraction of sp³-hybridized carbons (Fsp3) is 0.829. The van der Waals surface area contributed by atoms with E-state index >= 15 is 0 Å². The number of carboxylic acids is 1. The van der Waals surface area contributed by atoms with Gasteiger partial charge in [-0.05, 0) is 107 Å². The molecule has 0 aromatic carbocycles. The molecule has 0 spiro atoms. The minimum absolute atomic E-state index is 0.000145. The van der Waals surface area contributed by atoms with Crippen LogP contribution in [0.2, 0.25) is 0 Å². The topological polar surface area (TPSA) is 113 Å². The molecule has 1 heterocycles.